The molecule has 1 aromatic rings. The molecule has 20 heavy (non-hydrogen) atoms. The SMILES string of the molecule is NC(=O)[C@@H]1C[C@]2(NC(=O)NC2=O)c2cc(Br)ccc2O1. The number of halogens is 1. The summed E-state index contributed by atoms with van der Waals surface area (Å²) < 4.78 is 6.22. The van der Waals surface area contributed by atoms with Gasteiger partial charge >= 0.3 is 6.03 Å². The number of ether oxygens (including phenoxy) is 1. The molecule has 0 bridgehead atoms. The zero-order valence-electron chi connectivity index (χ0n) is 10.1. The van der Waals surface area contributed by atoms with Crippen molar-refractivity contribution >= 4 is 33.8 Å². The lowest BCUT2D eigenvalue weighted by atomic mass is 9.81. The molecule has 1 saturated heterocycles. The first-order valence-corrected chi connectivity index (χ1v) is 6.61. The maximum Gasteiger partial charge on any atom is 0.322 e. The van der Waals surface area contributed by atoms with Gasteiger partial charge in [0.15, 0.2) is 11.6 Å². The van der Waals surface area contributed by atoms with E-state index in [1.807, 2.05) is 0 Å². The van der Waals surface area contributed by atoms with Crippen LogP contribution in [0.25, 0.3) is 0 Å². The summed E-state index contributed by atoms with van der Waals surface area (Å²) in [5.74, 6) is -0.858. The van der Waals surface area contributed by atoms with Crippen molar-refractivity contribution in [2.24, 2.45) is 5.73 Å². The summed E-state index contributed by atoms with van der Waals surface area (Å²) in [7, 11) is 0. The van der Waals surface area contributed by atoms with Crippen molar-refractivity contribution in [3.63, 3.8) is 0 Å². The van der Waals surface area contributed by atoms with Gasteiger partial charge in [0.25, 0.3) is 11.8 Å². The van der Waals surface area contributed by atoms with E-state index in [9.17, 15) is 14.4 Å². The first kappa shape index (κ1) is 12.9. The van der Waals surface area contributed by atoms with Crippen LogP contribution in [-0.2, 0) is 15.1 Å². The predicted molar refractivity (Wildman–Crippen MR) is 70.7 cm³/mol. The average molecular weight is 340 g/mol. The lowest BCUT2D eigenvalue weighted by Gasteiger charge is -2.36. The number of carbonyl (C=O) groups is 3. The normalized spacial score (nSPS) is 27.6. The second-order valence-electron chi connectivity index (χ2n) is 4.67. The van der Waals surface area contributed by atoms with Crippen LogP contribution in [0.5, 0.6) is 5.75 Å². The number of rotatable bonds is 1. The molecule has 2 aliphatic heterocycles. The average Bonchev–Trinajstić information content (AvgIpc) is 2.65. The van der Waals surface area contributed by atoms with E-state index in [2.05, 4.69) is 26.6 Å². The van der Waals surface area contributed by atoms with Crippen molar-refractivity contribution in [1.82, 2.24) is 10.6 Å². The summed E-state index contributed by atoms with van der Waals surface area (Å²) in [4.78, 5) is 35.1. The molecule has 1 spiro atoms. The summed E-state index contributed by atoms with van der Waals surface area (Å²) in [6.07, 6.45) is -1.02. The number of urea groups is 1. The smallest absolute Gasteiger partial charge is 0.322 e. The van der Waals surface area contributed by atoms with Crippen molar-refractivity contribution in [3.8, 4) is 5.75 Å². The van der Waals surface area contributed by atoms with Crippen molar-refractivity contribution in [3.05, 3.63) is 28.2 Å². The van der Waals surface area contributed by atoms with E-state index in [1.54, 1.807) is 18.2 Å². The van der Waals surface area contributed by atoms with Gasteiger partial charge in [0.2, 0.25) is 0 Å². The number of amides is 4. The number of carbonyl (C=O) groups excluding carboxylic acids is 3. The molecule has 2 heterocycles. The highest BCUT2D eigenvalue weighted by Crippen LogP contribution is 2.42. The highest BCUT2D eigenvalue weighted by Gasteiger charge is 2.54. The molecule has 8 heteroatoms. The highest BCUT2D eigenvalue weighted by atomic mass is 79.9. The summed E-state index contributed by atoms with van der Waals surface area (Å²) >= 11 is 3.31. The van der Waals surface area contributed by atoms with E-state index in [1.165, 1.54) is 0 Å². The van der Waals surface area contributed by atoms with E-state index in [-0.39, 0.29) is 6.42 Å². The molecule has 0 radical (unpaired) electrons. The van der Waals surface area contributed by atoms with Gasteiger partial charge in [-0.1, -0.05) is 15.9 Å². The third kappa shape index (κ3) is 1.75. The fraction of sp³-hybridized carbons (Fsp3) is 0.250. The molecule has 0 aliphatic carbocycles. The topological polar surface area (TPSA) is 111 Å². The molecule has 2 aliphatic rings. The maximum atomic E-state index is 12.2. The molecule has 0 aromatic heterocycles. The largest absolute Gasteiger partial charge is 0.480 e. The van der Waals surface area contributed by atoms with Gasteiger partial charge in [-0.2, -0.15) is 0 Å². The summed E-state index contributed by atoms with van der Waals surface area (Å²) in [5.41, 5.74) is 4.44. The van der Waals surface area contributed by atoms with Crippen LogP contribution in [-0.4, -0.2) is 23.9 Å². The number of benzene rings is 1. The quantitative estimate of drug-likeness (QED) is 0.631. The number of hydrogen-bond donors (Lipinski definition) is 3. The van der Waals surface area contributed by atoms with Gasteiger partial charge in [-0.05, 0) is 18.2 Å². The van der Waals surface area contributed by atoms with Crippen molar-refractivity contribution in [2.75, 3.05) is 0 Å². The van der Waals surface area contributed by atoms with Crippen LogP contribution >= 0.6 is 15.9 Å². The molecule has 1 fully saturated rings. The summed E-state index contributed by atoms with van der Waals surface area (Å²) in [6, 6.07) is 4.40. The van der Waals surface area contributed by atoms with Crippen molar-refractivity contribution in [1.29, 1.82) is 0 Å². The second kappa shape index (κ2) is 4.20. The minimum Gasteiger partial charge on any atom is -0.480 e. The second-order valence-corrected chi connectivity index (χ2v) is 5.58. The van der Waals surface area contributed by atoms with E-state index in [4.69, 9.17) is 10.5 Å². The predicted octanol–water partition coefficient (Wildman–Crippen LogP) is 0.120. The van der Waals surface area contributed by atoms with Crippen LogP contribution in [0.3, 0.4) is 0 Å². The Hall–Kier alpha value is -2.09. The number of hydrogen-bond acceptors (Lipinski definition) is 4. The van der Waals surface area contributed by atoms with Crippen molar-refractivity contribution in [2.45, 2.75) is 18.1 Å². The number of nitrogens with two attached hydrogens (primary N) is 1. The van der Waals surface area contributed by atoms with Gasteiger partial charge in [0.05, 0.1) is 0 Å². The minimum absolute atomic E-state index is 0.0383. The number of fused-ring (bicyclic) bond motifs is 2. The van der Waals surface area contributed by atoms with E-state index >= 15 is 0 Å². The fourth-order valence-corrected chi connectivity index (χ4v) is 2.87. The van der Waals surface area contributed by atoms with Gasteiger partial charge in [0.1, 0.15) is 5.75 Å². The van der Waals surface area contributed by atoms with Gasteiger partial charge in [-0.25, -0.2) is 4.79 Å². The molecule has 4 amide bonds. The summed E-state index contributed by atoms with van der Waals surface area (Å²) in [5, 5.41) is 4.76. The van der Waals surface area contributed by atoms with Crippen LogP contribution in [0.2, 0.25) is 0 Å². The Morgan fingerprint density at radius 2 is 2.20 bits per heavy atom. The number of nitrogens with one attached hydrogen (secondary N) is 2. The lowest BCUT2D eigenvalue weighted by molar-refractivity contribution is -0.130. The lowest BCUT2D eigenvalue weighted by Crippen LogP contribution is -2.53. The molecule has 0 unspecified atom stereocenters. The number of imide groups is 1. The monoisotopic (exact) mass is 339 g/mol. The third-order valence-electron chi connectivity index (χ3n) is 3.42. The van der Waals surface area contributed by atoms with Crippen LogP contribution in [0.1, 0.15) is 12.0 Å². The number of primary amides is 1. The molecule has 7 nitrogen and oxygen atoms in total. The van der Waals surface area contributed by atoms with Gasteiger partial charge in [-0.15, -0.1) is 0 Å². The molecule has 104 valence electrons. The van der Waals surface area contributed by atoms with Gasteiger partial charge < -0.3 is 15.8 Å². The van der Waals surface area contributed by atoms with E-state index < -0.39 is 29.5 Å². The molecule has 0 saturated carbocycles. The third-order valence-corrected chi connectivity index (χ3v) is 3.91. The Morgan fingerprint density at radius 1 is 1.45 bits per heavy atom. The first-order chi connectivity index (χ1) is 9.42. The Morgan fingerprint density at radius 3 is 2.80 bits per heavy atom. The molecular formula is C12H10BrN3O4. The standard InChI is InChI=1S/C12H10BrN3O4/c13-5-1-2-7-6(3-5)12(4-8(20-7)9(14)17)10(18)15-11(19)16-12/h1-3,8H,4H2,(H2,14,17)(H2,15,16,18,19)/t8-,12-/m0/s1. The van der Waals surface area contributed by atoms with E-state index in [0.717, 1.165) is 4.47 Å². The zero-order chi connectivity index (χ0) is 14.5. The maximum absolute atomic E-state index is 12.2. The molecule has 4 N–H and O–H groups in total. The van der Waals surface area contributed by atoms with Crippen LogP contribution in [0.4, 0.5) is 4.79 Å². The van der Waals surface area contributed by atoms with Crippen LogP contribution < -0.4 is 21.1 Å². The Balaban J connectivity index is 2.18. The molecule has 3 rings (SSSR count). The molecule has 2 atom stereocenters. The first-order valence-electron chi connectivity index (χ1n) is 5.82. The summed E-state index contributed by atoms with van der Waals surface area (Å²) in [6.45, 7) is 0. The molecular weight excluding hydrogens is 330 g/mol. The van der Waals surface area contributed by atoms with Crippen LogP contribution in [0, 0.1) is 0 Å². The zero-order valence-corrected chi connectivity index (χ0v) is 11.7. The minimum atomic E-state index is -1.33. The van der Waals surface area contributed by atoms with Gasteiger partial charge in [-0.3, -0.25) is 14.9 Å². The Kier molecular flexibility index (Phi) is 2.72. The molecule has 1 aromatic carbocycles. The van der Waals surface area contributed by atoms with Crippen molar-refractivity contribution < 1.29 is 19.1 Å². The Labute approximate surface area is 122 Å². The van der Waals surface area contributed by atoms with Crippen LogP contribution in [0.15, 0.2) is 22.7 Å². The van der Waals surface area contributed by atoms with Gasteiger partial charge in [0, 0.05) is 16.5 Å². The van der Waals surface area contributed by atoms with E-state index in [0.29, 0.717) is 11.3 Å². The highest BCUT2D eigenvalue weighted by molar-refractivity contribution is 9.10. The Bertz CT molecular complexity index is 648. The fourth-order valence-electron chi connectivity index (χ4n) is 2.51.